The lowest BCUT2D eigenvalue weighted by molar-refractivity contribution is -0.320. The van der Waals surface area contributed by atoms with Gasteiger partial charge in [0.1, 0.15) is 34.8 Å². The molecule has 0 spiro atoms. The summed E-state index contributed by atoms with van der Waals surface area (Å²) in [7, 11) is 2.65. The van der Waals surface area contributed by atoms with Crippen LogP contribution in [0.5, 0.6) is 0 Å². The first-order valence-electron chi connectivity index (χ1n) is 28.1. The van der Waals surface area contributed by atoms with Crippen LogP contribution in [0.2, 0.25) is 0 Å². The molecule has 5 N–H and O–H groups in total. The van der Waals surface area contributed by atoms with Crippen molar-refractivity contribution >= 4 is 44.4 Å². The van der Waals surface area contributed by atoms with Crippen molar-refractivity contribution in [1.82, 2.24) is 14.8 Å². The zero-order valence-electron chi connectivity index (χ0n) is 49.3. The number of hydrogen-bond acceptors (Lipinski definition) is 20. The van der Waals surface area contributed by atoms with Crippen molar-refractivity contribution < 1.29 is 85.9 Å². The highest BCUT2D eigenvalue weighted by atomic mass is 32.2. The maximum absolute atomic E-state index is 14.6. The van der Waals surface area contributed by atoms with E-state index < -0.39 is 135 Å². The fraction of sp³-hybridized carbons (Fsp3) is 0.772. The Morgan fingerprint density at radius 3 is 2.16 bits per heavy atom. The van der Waals surface area contributed by atoms with Crippen LogP contribution in [-0.2, 0) is 68.5 Å². The van der Waals surface area contributed by atoms with Gasteiger partial charge in [0.05, 0.1) is 64.6 Å². The van der Waals surface area contributed by atoms with E-state index in [-0.39, 0.29) is 78.8 Å². The number of hydrogen-bond donors (Lipinski definition) is 5. The van der Waals surface area contributed by atoms with E-state index in [1.807, 2.05) is 32.8 Å². The van der Waals surface area contributed by atoms with Gasteiger partial charge in [0, 0.05) is 75.2 Å². The third-order valence-corrected chi connectivity index (χ3v) is 19.3. The summed E-state index contributed by atoms with van der Waals surface area (Å²) in [6.45, 7) is 18.6. The van der Waals surface area contributed by atoms with Crippen molar-refractivity contribution in [2.75, 3.05) is 47.2 Å². The van der Waals surface area contributed by atoms with E-state index in [9.17, 15) is 52.8 Å². The summed E-state index contributed by atoms with van der Waals surface area (Å²) in [5.74, 6) is -7.44. The van der Waals surface area contributed by atoms with Crippen molar-refractivity contribution in [3.05, 3.63) is 39.7 Å². The van der Waals surface area contributed by atoms with Gasteiger partial charge in [-0.15, -0.1) is 0 Å². The highest BCUT2D eigenvalue weighted by molar-refractivity contribution is 7.91. The SMILES string of the molecule is CC[C@H]1OC(=O)[C@H](C)[C@@H](O[C@H]2C[C@@](C)(OC)[C@@H](OC(=O)CCNCCS(=O)(=O)c3cc4c5c(c3)c(=O)c(C(=O)O)cn5C(C)CC4)[C@H](C)O2)[C@H](C)[C@@H](O[C@H]2O[C@@H](C)C[C@@H](N(C)C)[C@@H]2O)[C@](C)(OC)C[C@@H](C)C(=O)[C@H](C)[C@@H](O)[C@]1(C)O. The van der Waals surface area contributed by atoms with Crippen LogP contribution in [0.15, 0.2) is 28.0 Å². The van der Waals surface area contributed by atoms with E-state index >= 15 is 0 Å². The molecule has 2 aromatic rings. The zero-order valence-corrected chi connectivity index (χ0v) is 50.1. The second-order valence-electron chi connectivity index (χ2n) is 23.9. The molecular weight excluding hydrogens is 1060 g/mol. The number of pyridine rings is 1. The summed E-state index contributed by atoms with van der Waals surface area (Å²) >= 11 is 0. The number of rotatable bonds is 17. The van der Waals surface area contributed by atoms with E-state index in [2.05, 4.69) is 5.32 Å². The molecule has 23 heteroatoms. The molecule has 19 atom stereocenters. The molecule has 0 saturated carbocycles. The molecule has 6 rings (SSSR count). The second-order valence-corrected chi connectivity index (χ2v) is 26.0. The number of aryl methyl sites for hydroxylation is 1. The van der Waals surface area contributed by atoms with Crippen molar-refractivity contribution in [3.63, 3.8) is 0 Å². The number of methoxy groups -OCH3 is 2. The Morgan fingerprint density at radius 1 is 0.900 bits per heavy atom. The molecule has 3 saturated heterocycles. The number of nitrogens with zero attached hydrogens (tertiary/aromatic N) is 2. The Bertz CT molecular complexity index is 2720. The quantitative estimate of drug-likeness (QED) is 0.111. The fourth-order valence-corrected chi connectivity index (χ4v) is 13.8. The number of likely N-dealkylation sites (N-methyl/N-ethyl adjacent to an activating group) is 1. The van der Waals surface area contributed by atoms with E-state index in [1.54, 1.807) is 59.1 Å². The van der Waals surface area contributed by atoms with Gasteiger partial charge in [0.15, 0.2) is 28.5 Å². The summed E-state index contributed by atoms with van der Waals surface area (Å²) < 4.78 is 80.2. The number of aromatic nitrogens is 1. The van der Waals surface area contributed by atoms with Crippen LogP contribution < -0.4 is 10.7 Å². The molecule has 452 valence electrons. The topological polar surface area (TPSA) is 294 Å². The predicted octanol–water partition coefficient (Wildman–Crippen LogP) is 3.96. The van der Waals surface area contributed by atoms with Gasteiger partial charge >= 0.3 is 17.9 Å². The summed E-state index contributed by atoms with van der Waals surface area (Å²) in [5, 5.41) is 48.0. The normalized spacial score (nSPS) is 37.7. The summed E-state index contributed by atoms with van der Waals surface area (Å²) in [4.78, 5) is 69.4. The number of sulfone groups is 1. The monoisotopic (exact) mass is 1150 g/mol. The number of carbonyl (C=O) groups is 4. The molecule has 0 aliphatic carbocycles. The Hall–Kier alpha value is -3.98. The van der Waals surface area contributed by atoms with Gasteiger partial charge in [0.25, 0.3) is 0 Å². The number of Topliss-reactive ketones (excluding diaryl/α,β-unsaturated/α-hetero) is 1. The molecule has 22 nitrogen and oxygen atoms in total. The number of ether oxygens (including phenoxy) is 8. The number of carboxylic acid groups (broad SMARTS) is 1. The maximum atomic E-state index is 14.6. The van der Waals surface area contributed by atoms with Gasteiger partial charge < -0.3 is 73.1 Å². The third-order valence-electron chi connectivity index (χ3n) is 17.6. The number of benzene rings is 1. The molecule has 0 bridgehead atoms. The molecule has 1 unspecified atom stereocenters. The average molecular weight is 1150 g/mol. The Morgan fingerprint density at radius 2 is 1.55 bits per heavy atom. The number of carboxylic acids is 1. The molecular formula is C57H89N3O19S. The Kier molecular flexibility index (Phi) is 21.1. The van der Waals surface area contributed by atoms with Gasteiger partial charge in [-0.1, -0.05) is 27.7 Å². The van der Waals surface area contributed by atoms with Crippen LogP contribution in [0.4, 0.5) is 0 Å². The number of cyclic esters (lactones) is 1. The van der Waals surface area contributed by atoms with Crippen molar-refractivity contribution in [3.8, 4) is 0 Å². The zero-order chi connectivity index (χ0) is 59.7. The van der Waals surface area contributed by atoms with Crippen LogP contribution in [0.1, 0.15) is 137 Å². The first-order chi connectivity index (χ1) is 37.3. The van der Waals surface area contributed by atoms with Crippen LogP contribution in [0.25, 0.3) is 10.9 Å². The number of aliphatic hydroxyl groups is 3. The van der Waals surface area contributed by atoms with E-state index in [1.165, 1.54) is 40.3 Å². The van der Waals surface area contributed by atoms with Crippen molar-refractivity contribution in [1.29, 1.82) is 0 Å². The molecule has 4 aliphatic heterocycles. The number of esters is 2. The fourth-order valence-electron chi connectivity index (χ4n) is 12.6. The summed E-state index contributed by atoms with van der Waals surface area (Å²) in [6.07, 6.45) is -7.91. The second kappa shape index (κ2) is 25.9. The molecule has 5 heterocycles. The van der Waals surface area contributed by atoms with E-state index in [0.717, 1.165) is 0 Å². The maximum Gasteiger partial charge on any atom is 0.341 e. The third kappa shape index (κ3) is 13.7. The summed E-state index contributed by atoms with van der Waals surface area (Å²) in [6, 6.07) is 2.34. The largest absolute Gasteiger partial charge is 0.477 e. The number of ketones is 1. The molecule has 3 fully saturated rings. The molecule has 80 heavy (non-hydrogen) atoms. The minimum absolute atomic E-state index is 0.0291. The average Bonchev–Trinajstić information content (AvgIpc) is 3.61. The minimum Gasteiger partial charge on any atom is -0.477 e. The smallest absolute Gasteiger partial charge is 0.341 e. The highest BCUT2D eigenvalue weighted by Crippen LogP contribution is 2.43. The molecule has 1 aromatic heterocycles. The number of carbonyl (C=O) groups excluding carboxylic acids is 3. The van der Waals surface area contributed by atoms with Gasteiger partial charge in [-0.3, -0.25) is 19.2 Å². The van der Waals surface area contributed by atoms with Crippen molar-refractivity contribution in [2.45, 2.75) is 216 Å². The molecule has 4 aliphatic rings. The number of nitrogens with one attached hydrogen (secondary N) is 1. The highest BCUT2D eigenvalue weighted by Gasteiger charge is 2.55. The van der Waals surface area contributed by atoms with Gasteiger partial charge in [-0.2, -0.15) is 0 Å². The molecule has 0 radical (unpaired) electrons. The van der Waals surface area contributed by atoms with Crippen molar-refractivity contribution in [2.24, 2.45) is 23.7 Å². The summed E-state index contributed by atoms with van der Waals surface area (Å²) in [5.41, 5.74) is -4.69. The lowest BCUT2D eigenvalue weighted by atomic mass is 9.74. The Labute approximate surface area is 470 Å². The Balaban J connectivity index is 1.21. The van der Waals surface area contributed by atoms with E-state index in [0.29, 0.717) is 30.3 Å². The number of aromatic carboxylic acids is 1. The lowest BCUT2D eigenvalue weighted by Gasteiger charge is -2.50. The van der Waals surface area contributed by atoms with Gasteiger partial charge in [-0.05, 0) is 112 Å². The van der Waals surface area contributed by atoms with Crippen LogP contribution in [0, 0.1) is 23.7 Å². The molecule has 0 amide bonds. The van der Waals surface area contributed by atoms with E-state index in [4.69, 9.17) is 37.9 Å². The lowest BCUT2D eigenvalue weighted by Crippen LogP contribution is -2.61. The van der Waals surface area contributed by atoms with Crippen LogP contribution in [-0.4, -0.2) is 193 Å². The number of aliphatic hydroxyl groups excluding tert-OH is 2. The minimum atomic E-state index is -3.97. The van der Waals surface area contributed by atoms with Gasteiger partial charge in [-0.25, -0.2) is 13.2 Å². The first-order valence-corrected chi connectivity index (χ1v) is 29.7. The predicted molar refractivity (Wildman–Crippen MR) is 293 cm³/mol. The first kappa shape index (κ1) is 65.2. The molecule has 1 aromatic carbocycles. The van der Waals surface area contributed by atoms with Crippen LogP contribution in [0.3, 0.4) is 0 Å². The standard InChI is InChI=1S/C57H89N3O19S/c1-16-41-57(11,69)49(65)32(5)45(62)29(2)26-55(9,72-14)50(79-54-47(64)40(59(12)13)23-31(4)74-54)33(6)48(34(7)53(68)76-41)78-43-27-56(10,73-15)51(35(8)75-43)77-42(61)19-20-58-21-22-80(70,71)37-24-36-18-17-30(3)60-28-39(52(66)67)46(63)38(25-37)44(36)60/h24-25,28-35,40-41,43,47-51,54,58,64-65,69H,16-23,26-27H2,1-15H3,(H,66,67)/t29-,30?,31+,32+,33+,34-,35+,40-,41-,43+,47+,48+,49-,50-,51+,54-,55-,56-,57-/m1/s1. The van der Waals surface area contributed by atoms with Gasteiger partial charge in [0.2, 0.25) is 5.43 Å². The van der Waals surface area contributed by atoms with Crippen LogP contribution >= 0.6 is 0 Å².